The summed E-state index contributed by atoms with van der Waals surface area (Å²) in [5.74, 6) is 0. The molecule has 0 saturated heterocycles. The Morgan fingerprint density at radius 1 is 1.10 bits per heavy atom. The van der Waals surface area contributed by atoms with E-state index in [-0.39, 0.29) is 0 Å². The van der Waals surface area contributed by atoms with Crippen LogP contribution in [0.25, 0.3) is 10.8 Å². The molecule has 0 bridgehead atoms. The van der Waals surface area contributed by atoms with Gasteiger partial charge in [-0.15, -0.1) is 0 Å². The fourth-order valence-corrected chi connectivity index (χ4v) is 2.84. The number of aromatic nitrogens is 1. The number of hydrogen-bond donors (Lipinski definition) is 1. The molecular weight excluding hydrogens is 314 g/mol. The Balaban J connectivity index is 2.17. The van der Waals surface area contributed by atoms with Crippen molar-refractivity contribution in [2.75, 3.05) is 0 Å². The number of aliphatic hydroxyl groups excluding tert-OH is 1. The standard InChI is InChI=1S/C17H14BrNO/c1-11-5-6-13(18)9-16(11)17(20)15-4-2-3-12-10-19-8-7-14(12)15/h2-10,17,20H,1H3. The van der Waals surface area contributed by atoms with Crippen molar-refractivity contribution in [3.8, 4) is 0 Å². The zero-order chi connectivity index (χ0) is 14.1. The Bertz CT molecular complexity index is 765. The molecule has 2 aromatic carbocycles. The Morgan fingerprint density at radius 3 is 2.80 bits per heavy atom. The minimum atomic E-state index is -0.640. The zero-order valence-electron chi connectivity index (χ0n) is 11.0. The number of hydrogen-bond acceptors (Lipinski definition) is 2. The van der Waals surface area contributed by atoms with Crippen LogP contribution in [-0.2, 0) is 0 Å². The molecule has 0 amide bonds. The topological polar surface area (TPSA) is 33.1 Å². The van der Waals surface area contributed by atoms with E-state index in [0.29, 0.717) is 0 Å². The van der Waals surface area contributed by atoms with Gasteiger partial charge < -0.3 is 5.11 Å². The van der Waals surface area contributed by atoms with Crippen molar-refractivity contribution in [1.82, 2.24) is 4.98 Å². The van der Waals surface area contributed by atoms with Gasteiger partial charge in [-0.2, -0.15) is 0 Å². The molecule has 0 radical (unpaired) electrons. The molecule has 0 saturated carbocycles. The van der Waals surface area contributed by atoms with E-state index < -0.39 is 6.10 Å². The lowest BCUT2D eigenvalue weighted by Crippen LogP contribution is -2.03. The van der Waals surface area contributed by atoms with Crippen LogP contribution < -0.4 is 0 Å². The van der Waals surface area contributed by atoms with Crippen molar-refractivity contribution in [1.29, 1.82) is 0 Å². The molecule has 0 spiro atoms. The summed E-state index contributed by atoms with van der Waals surface area (Å²) in [5, 5.41) is 12.8. The second-order valence-corrected chi connectivity index (χ2v) is 5.76. The van der Waals surface area contributed by atoms with E-state index in [4.69, 9.17) is 0 Å². The molecule has 0 aliphatic rings. The molecule has 0 aliphatic carbocycles. The van der Waals surface area contributed by atoms with Gasteiger partial charge in [0.2, 0.25) is 0 Å². The van der Waals surface area contributed by atoms with Crippen LogP contribution in [-0.4, -0.2) is 10.1 Å². The zero-order valence-corrected chi connectivity index (χ0v) is 12.6. The number of aryl methyl sites for hydroxylation is 1. The highest BCUT2D eigenvalue weighted by Gasteiger charge is 2.15. The molecule has 3 aromatic rings. The number of halogens is 1. The highest BCUT2D eigenvalue weighted by Crippen LogP contribution is 2.31. The molecule has 3 rings (SSSR count). The van der Waals surface area contributed by atoms with E-state index in [1.54, 1.807) is 6.20 Å². The van der Waals surface area contributed by atoms with Crippen LogP contribution in [0.1, 0.15) is 22.8 Å². The van der Waals surface area contributed by atoms with Gasteiger partial charge in [0.05, 0.1) is 0 Å². The smallest absolute Gasteiger partial charge is 0.105 e. The van der Waals surface area contributed by atoms with E-state index in [0.717, 1.165) is 31.9 Å². The summed E-state index contributed by atoms with van der Waals surface area (Å²) in [6.07, 6.45) is 2.93. The van der Waals surface area contributed by atoms with Crippen molar-refractivity contribution >= 4 is 26.7 Å². The number of fused-ring (bicyclic) bond motifs is 1. The first-order valence-electron chi connectivity index (χ1n) is 6.43. The first kappa shape index (κ1) is 13.3. The minimum absolute atomic E-state index is 0.640. The molecule has 0 aliphatic heterocycles. The third-order valence-electron chi connectivity index (χ3n) is 3.54. The predicted molar refractivity (Wildman–Crippen MR) is 84.7 cm³/mol. The molecule has 20 heavy (non-hydrogen) atoms. The molecule has 3 heteroatoms. The number of benzene rings is 2. The Labute approximate surface area is 126 Å². The van der Waals surface area contributed by atoms with E-state index in [1.807, 2.05) is 55.6 Å². The molecule has 100 valence electrons. The normalized spacial score (nSPS) is 12.6. The maximum absolute atomic E-state index is 10.8. The van der Waals surface area contributed by atoms with Crippen molar-refractivity contribution in [3.05, 3.63) is 76.0 Å². The van der Waals surface area contributed by atoms with Crippen LogP contribution >= 0.6 is 15.9 Å². The molecule has 1 unspecified atom stereocenters. The molecule has 0 fully saturated rings. The Morgan fingerprint density at radius 2 is 1.95 bits per heavy atom. The highest BCUT2D eigenvalue weighted by atomic mass is 79.9. The van der Waals surface area contributed by atoms with Gasteiger partial charge in [-0.05, 0) is 47.2 Å². The van der Waals surface area contributed by atoms with Crippen LogP contribution in [0.2, 0.25) is 0 Å². The summed E-state index contributed by atoms with van der Waals surface area (Å²) in [7, 11) is 0. The van der Waals surface area contributed by atoms with Crippen molar-refractivity contribution in [2.45, 2.75) is 13.0 Å². The maximum atomic E-state index is 10.8. The van der Waals surface area contributed by atoms with Gasteiger partial charge in [-0.25, -0.2) is 0 Å². The van der Waals surface area contributed by atoms with Gasteiger partial charge in [0.15, 0.2) is 0 Å². The fourth-order valence-electron chi connectivity index (χ4n) is 2.46. The first-order valence-corrected chi connectivity index (χ1v) is 7.23. The quantitative estimate of drug-likeness (QED) is 0.757. The SMILES string of the molecule is Cc1ccc(Br)cc1C(O)c1cccc2cnccc12. The molecule has 1 aromatic heterocycles. The number of aliphatic hydroxyl groups is 1. The van der Waals surface area contributed by atoms with Crippen LogP contribution in [0.3, 0.4) is 0 Å². The summed E-state index contributed by atoms with van der Waals surface area (Å²) in [5.41, 5.74) is 2.90. The lowest BCUT2D eigenvalue weighted by atomic mass is 9.94. The van der Waals surface area contributed by atoms with Crippen LogP contribution in [0, 0.1) is 6.92 Å². The van der Waals surface area contributed by atoms with Gasteiger partial charge >= 0.3 is 0 Å². The first-order chi connectivity index (χ1) is 9.66. The van der Waals surface area contributed by atoms with E-state index in [1.165, 1.54) is 0 Å². The molecule has 2 nitrogen and oxygen atoms in total. The second kappa shape index (κ2) is 5.35. The lowest BCUT2D eigenvalue weighted by molar-refractivity contribution is 0.221. The van der Waals surface area contributed by atoms with Crippen LogP contribution in [0.4, 0.5) is 0 Å². The number of nitrogens with zero attached hydrogens (tertiary/aromatic N) is 1. The monoisotopic (exact) mass is 327 g/mol. The average molecular weight is 328 g/mol. The third-order valence-corrected chi connectivity index (χ3v) is 4.04. The van der Waals surface area contributed by atoms with Crippen LogP contribution in [0.5, 0.6) is 0 Å². The summed E-state index contributed by atoms with van der Waals surface area (Å²) in [6, 6.07) is 13.8. The lowest BCUT2D eigenvalue weighted by Gasteiger charge is -2.16. The van der Waals surface area contributed by atoms with Crippen molar-refractivity contribution in [3.63, 3.8) is 0 Å². The number of pyridine rings is 1. The van der Waals surface area contributed by atoms with E-state index in [9.17, 15) is 5.11 Å². The van der Waals surface area contributed by atoms with Gasteiger partial charge in [-0.1, -0.05) is 40.2 Å². The van der Waals surface area contributed by atoms with Gasteiger partial charge in [0.1, 0.15) is 6.10 Å². The summed E-state index contributed by atoms with van der Waals surface area (Å²) in [4.78, 5) is 4.13. The number of rotatable bonds is 2. The predicted octanol–water partition coefficient (Wildman–Crippen LogP) is 4.39. The highest BCUT2D eigenvalue weighted by molar-refractivity contribution is 9.10. The van der Waals surface area contributed by atoms with Gasteiger partial charge in [-0.3, -0.25) is 4.98 Å². The fraction of sp³-hybridized carbons (Fsp3) is 0.118. The Kier molecular flexibility index (Phi) is 3.55. The Hall–Kier alpha value is -1.71. The summed E-state index contributed by atoms with van der Waals surface area (Å²) >= 11 is 3.47. The van der Waals surface area contributed by atoms with E-state index >= 15 is 0 Å². The second-order valence-electron chi connectivity index (χ2n) is 4.85. The van der Waals surface area contributed by atoms with Gasteiger partial charge in [0, 0.05) is 22.3 Å². The average Bonchev–Trinajstić information content (AvgIpc) is 2.48. The molecule has 1 heterocycles. The van der Waals surface area contributed by atoms with Gasteiger partial charge in [0.25, 0.3) is 0 Å². The summed E-state index contributed by atoms with van der Waals surface area (Å²) < 4.78 is 0.971. The molecular formula is C17H14BrNO. The molecule has 1 N–H and O–H groups in total. The summed E-state index contributed by atoms with van der Waals surface area (Å²) in [6.45, 7) is 2.01. The van der Waals surface area contributed by atoms with Crippen molar-refractivity contribution in [2.24, 2.45) is 0 Å². The molecule has 1 atom stereocenters. The third kappa shape index (κ3) is 2.35. The van der Waals surface area contributed by atoms with Crippen LogP contribution in [0.15, 0.2) is 59.3 Å². The van der Waals surface area contributed by atoms with Crippen molar-refractivity contribution < 1.29 is 5.11 Å². The minimum Gasteiger partial charge on any atom is -0.384 e. The maximum Gasteiger partial charge on any atom is 0.105 e. The van der Waals surface area contributed by atoms with E-state index in [2.05, 4.69) is 20.9 Å². The largest absolute Gasteiger partial charge is 0.384 e.